The van der Waals surface area contributed by atoms with Gasteiger partial charge in [-0.05, 0) is 79.6 Å². The van der Waals surface area contributed by atoms with E-state index in [0.29, 0.717) is 36.7 Å². The second-order valence-electron chi connectivity index (χ2n) is 8.35. The Kier molecular flexibility index (Phi) is 8.56. The first-order valence-electron chi connectivity index (χ1n) is 11.6. The predicted octanol–water partition coefficient (Wildman–Crippen LogP) is 4.98. The van der Waals surface area contributed by atoms with Crippen molar-refractivity contribution in [3.8, 4) is 5.75 Å². The minimum Gasteiger partial charge on any atom is -0.494 e. The molecule has 4 N–H and O–H groups in total. The fourth-order valence-corrected chi connectivity index (χ4v) is 4.59. The van der Waals surface area contributed by atoms with Crippen LogP contribution in [-0.2, 0) is 6.42 Å². The summed E-state index contributed by atoms with van der Waals surface area (Å²) < 4.78 is 8.83. The molecule has 0 aliphatic rings. The number of aromatic amines is 2. The summed E-state index contributed by atoms with van der Waals surface area (Å²) >= 11 is 7.50. The van der Waals surface area contributed by atoms with E-state index < -0.39 is 0 Å². The highest BCUT2D eigenvalue weighted by molar-refractivity contribution is 7.97. The molecule has 0 saturated carbocycles. The van der Waals surface area contributed by atoms with E-state index in [1.165, 1.54) is 18.1 Å². The third kappa shape index (κ3) is 6.22. The van der Waals surface area contributed by atoms with Gasteiger partial charge in [-0.15, -0.1) is 0 Å². The Morgan fingerprint density at radius 2 is 1.89 bits per heavy atom. The van der Waals surface area contributed by atoms with Crippen LogP contribution in [0.2, 0.25) is 5.02 Å². The van der Waals surface area contributed by atoms with E-state index in [1.807, 2.05) is 50.2 Å². The Labute approximate surface area is 218 Å². The van der Waals surface area contributed by atoms with Crippen LogP contribution in [0.5, 0.6) is 5.75 Å². The first kappa shape index (κ1) is 25.7. The van der Waals surface area contributed by atoms with Crippen molar-refractivity contribution in [3.05, 3.63) is 81.8 Å². The number of carbonyl (C=O) groups is 2. The average molecular weight is 526 g/mol. The highest BCUT2D eigenvalue weighted by Gasteiger charge is 2.17. The van der Waals surface area contributed by atoms with Gasteiger partial charge in [-0.25, -0.2) is 0 Å². The maximum absolute atomic E-state index is 13.0. The molecule has 2 heterocycles. The highest BCUT2D eigenvalue weighted by atomic mass is 35.5. The van der Waals surface area contributed by atoms with Gasteiger partial charge in [0.25, 0.3) is 11.8 Å². The van der Waals surface area contributed by atoms with E-state index in [2.05, 4.69) is 25.2 Å². The van der Waals surface area contributed by atoms with Crippen LogP contribution >= 0.6 is 23.5 Å². The smallest absolute Gasteiger partial charge is 0.277 e. The zero-order chi connectivity index (χ0) is 25.5. The Morgan fingerprint density at radius 1 is 1.11 bits per heavy atom. The van der Waals surface area contributed by atoms with E-state index >= 15 is 0 Å². The molecule has 2 aromatic heterocycles. The average Bonchev–Trinajstić information content (AvgIpc) is 3.53. The fraction of sp³-hybridized carbons (Fsp3) is 0.269. The fourth-order valence-electron chi connectivity index (χ4n) is 3.94. The molecule has 0 unspecified atom stereocenters. The van der Waals surface area contributed by atoms with E-state index in [1.54, 1.807) is 6.07 Å². The number of fused-ring (bicyclic) bond motifs is 1. The molecule has 2 aromatic carbocycles. The van der Waals surface area contributed by atoms with Gasteiger partial charge in [0.15, 0.2) is 0 Å². The number of amides is 2. The molecule has 8 nitrogen and oxygen atoms in total. The summed E-state index contributed by atoms with van der Waals surface area (Å²) in [6.45, 7) is 4.85. The zero-order valence-corrected chi connectivity index (χ0v) is 21.7. The number of hydrogen-bond donors (Lipinski definition) is 4. The molecule has 36 heavy (non-hydrogen) atoms. The topological polar surface area (TPSA) is 112 Å². The lowest BCUT2D eigenvalue weighted by Gasteiger charge is -2.10. The molecule has 10 heteroatoms. The van der Waals surface area contributed by atoms with Gasteiger partial charge in [0, 0.05) is 34.4 Å². The first-order chi connectivity index (χ1) is 17.4. The molecule has 2 amide bonds. The van der Waals surface area contributed by atoms with Crippen molar-refractivity contribution in [1.29, 1.82) is 0 Å². The van der Waals surface area contributed by atoms with Gasteiger partial charge in [-0.2, -0.15) is 5.10 Å². The summed E-state index contributed by atoms with van der Waals surface area (Å²) in [5, 5.41) is 10.9. The van der Waals surface area contributed by atoms with Crippen LogP contribution < -0.4 is 14.8 Å². The van der Waals surface area contributed by atoms with Gasteiger partial charge in [0.1, 0.15) is 17.1 Å². The van der Waals surface area contributed by atoms with Crippen molar-refractivity contribution in [3.63, 3.8) is 0 Å². The van der Waals surface area contributed by atoms with Crippen LogP contribution in [0.15, 0.2) is 48.7 Å². The van der Waals surface area contributed by atoms with Gasteiger partial charge in [-0.1, -0.05) is 29.8 Å². The third-order valence-electron chi connectivity index (χ3n) is 5.69. The second kappa shape index (κ2) is 12.0. The summed E-state index contributed by atoms with van der Waals surface area (Å²) in [6, 6.07) is 13.4. The Hall–Kier alpha value is -3.43. The Morgan fingerprint density at radius 3 is 2.64 bits per heavy atom. The van der Waals surface area contributed by atoms with E-state index in [0.717, 1.165) is 44.8 Å². The number of hydrogen-bond acceptors (Lipinski definition) is 5. The van der Waals surface area contributed by atoms with Crippen molar-refractivity contribution < 1.29 is 14.3 Å². The van der Waals surface area contributed by atoms with Crippen molar-refractivity contribution in [1.82, 2.24) is 25.2 Å². The van der Waals surface area contributed by atoms with Crippen LogP contribution in [0.3, 0.4) is 0 Å². The van der Waals surface area contributed by atoms with Crippen LogP contribution in [0.25, 0.3) is 10.9 Å². The number of aryl methyl sites for hydroxylation is 3. The number of H-pyrrole nitrogens is 2. The van der Waals surface area contributed by atoms with Gasteiger partial charge < -0.3 is 15.0 Å². The quantitative estimate of drug-likeness (QED) is 0.163. The standard InChI is InChI=1S/C26H28ClN5O3S/c1-16-14-18(15-17(2)23(16)27)35-12-5-7-20-19-6-3-4-8-21(19)30-24(20)26(34)32-36-13-11-28-25(33)22-9-10-29-31-22/h3-4,6,8-10,14-15,30H,5,7,11-13H2,1-2H3,(H,28,33)(H,29,31)(H,32,34). The number of rotatable bonds is 11. The Balaban J connectivity index is 1.32. The first-order valence-corrected chi connectivity index (χ1v) is 13.0. The molecule has 188 valence electrons. The van der Waals surface area contributed by atoms with Crippen LogP contribution in [0.1, 0.15) is 44.1 Å². The van der Waals surface area contributed by atoms with Gasteiger partial charge in [-0.3, -0.25) is 19.4 Å². The molecule has 0 spiro atoms. The Bertz CT molecular complexity index is 1330. The number of benzene rings is 2. The van der Waals surface area contributed by atoms with Gasteiger partial charge in [0.2, 0.25) is 0 Å². The lowest BCUT2D eigenvalue weighted by molar-refractivity contribution is 0.0950. The van der Waals surface area contributed by atoms with Crippen molar-refractivity contribution in [2.75, 3.05) is 18.9 Å². The van der Waals surface area contributed by atoms with Crippen molar-refractivity contribution in [2.24, 2.45) is 0 Å². The molecular formula is C26H28ClN5O3S. The molecule has 4 rings (SSSR count). The molecule has 0 aliphatic carbocycles. The minimum atomic E-state index is -0.233. The van der Waals surface area contributed by atoms with E-state index in [9.17, 15) is 9.59 Å². The number of ether oxygens (including phenoxy) is 1. The normalized spacial score (nSPS) is 11.0. The number of carbonyl (C=O) groups excluding carboxylic acids is 2. The second-order valence-corrected chi connectivity index (χ2v) is 9.63. The maximum atomic E-state index is 13.0. The summed E-state index contributed by atoms with van der Waals surface area (Å²) in [4.78, 5) is 28.2. The summed E-state index contributed by atoms with van der Waals surface area (Å²) in [6.07, 6.45) is 2.95. The monoisotopic (exact) mass is 525 g/mol. The number of para-hydroxylation sites is 1. The number of aromatic nitrogens is 3. The third-order valence-corrected chi connectivity index (χ3v) is 7.02. The summed E-state index contributed by atoms with van der Waals surface area (Å²) in [5.41, 5.74) is 4.80. The largest absolute Gasteiger partial charge is 0.494 e. The minimum absolute atomic E-state index is 0.198. The van der Waals surface area contributed by atoms with Gasteiger partial charge in [0.05, 0.1) is 6.61 Å². The summed E-state index contributed by atoms with van der Waals surface area (Å²) in [5.74, 6) is 0.885. The molecule has 0 aliphatic heterocycles. The zero-order valence-electron chi connectivity index (χ0n) is 20.1. The van der Waals surface area contributed by atoms with E-state index in [4.69, 9.17) is 16.3 Å². The van der Waals surface area contributed by atoms with E-state index in [-0.39, 0.29) is 11.8 Å². The van der Waals surface area contributed by atoms with Crippen molar-refractivity contribution >= 4 is 46.3 Å². The highest BCUT2D eigenvalue weighted by Crippen LogP contribution is 2.27. The number of nitrogens with one attached hydrogen (secondary N) is 4. The maximum Gasteiger partial charge on any atom is 0.277 e. The van der Waals surface area contributed by atoms with Crippen molar-refractivity contribution in [2.45, 2.75) is 26.7 Å². The van der Waals surface area contributed by atoms with Crippen LogP contribution in [0, 0.1) is 13.8 Å². The number of nitrogens with zero attached hydrogens (tertiary/aromatic N) is 1. The lowest BCUT2D eigenvalue weighted by atomic mass is 10.1. The summed E-state index contributed by atoms with van der Waals surface area (Å²) in [7, 11) is 0. The van der Waals surface area contributed by atoms with Crippen LogP contribution in [-0.4, -0.2) is 45.9 Å². The SMILES string of the molecule is Cc1cc(OCCCc2c(C(=O)NSCCNC(=O)c3ccn[nH]3)[nH]c3ccccc23)cc(C)c1Cl. The molecule has 0 bridgehead atoms. The number of halogens is 1. The molecule has 0 saturated heterocycles. The molecule has 0 radical (unpaired) electrons. The molecular weight excluding hydrogens is 498 g/mol. The molecule has 4 aromatic rings. The predicted molar refractivity (Wildman–Crippen MR) is 144 cm³/mol. The molecule has 0 fully saturated rings. The van der Waals surface area contributed by atoms with Crippen LogP contribution in [0.4, 0.5) is 0 Å². The van der Waals surface area contributed by atoms with Gasteiger partial charge >= 0.3 is 0 Å². The molecule has 0 atom stereocenters. The lowest BCUT2D eigenvalue weighted by Crippen LogP contribution is -2.27.